The van der Waals surface area contributed by atoms with Gasteiger partial charge in [-0.1, -0.05) is 11.6 Å². The monoisotopic (exact) mass is 296 g/mol. The fourth-order valence-electron chi connectivity index (χ4n) is 2.91. The van der Waals surface area contributed by atoms with Crippen molar-refractivity contribution in [1.29, 1.82) is 0 Å². The molecule has 0 bridgehead atoms. The average molecular weight is 296 g/mol. The number of carbonyl (C=O) groups excluding carboxylic acids is 3. The van der Waals surface area contributed by atoms with Crippen molar-refractivity contribution in [2.75, 3.05) is 6.61 Å². The van der Waals surface area contributed by atoms with E-state index in [0.717, 1.165) is 5.57 Å². The van der Waals surface area contributed by atoms with Crippen molar-refractivity contribution < 1.29 is 28.6 Å². The molecule has 116 valence electrons. The first-order chi connectivity index (χ1) is 9.88. The summed E-state index contributed by atoms with van der Waals surface area (Å²) < 4.78 is 15.5. The highest BCUT2D eigenvalue weighted by atomic mass is 16.7. The Morgan fingerprint density at radius 2 is 2.05 bits per heavy atom. The minimum absolute atomic E-state index is 0.0487. The van der Waals surface area contributed by atoms with Gasteiger partial charge in [-0.15, -0.1) is 0 Å². The maximum absolute atomic E-state index is 12.4. The van der Waals surface area contributed by atoms with Crippen LogP contribution in [-0.4, -0.2) is 36.7 Å². The van der Waals surface area contributed by atoms with Crippen LogP contribution in [-0.2, 0) is 28.6 Å². The van der Waals surface area contributed by atoms with Gasteiger partial charge in [-0.2, -0.15) is 0 Å². The summed E-state index contributed by atoms with van der Waals surface area (Å²) in [5, 5.41) is 0. The van der Waals surface area contributed by atoms with Gasteiger partial charge in [-0.3, -0.25) is 14.4 Å². The number of carbonyl (C=O) groups is 3. The smallest absolute Gasteiger partial charge is 0.305 e. The lowest BCUT2D eigenvalue weighted by Crippen LogP contribution is -2.52. The number of hydrogen-bond acceptors (Lipinski definition) is 6. The molecule has 0 radical (unpaired) electrons. The molecule has 2 aliphatic rings. The molecule has 1 aliphatic heterocycles. The van der Waals surface area contributed by atoms with Crippen molar-refractivity contribution in [1.82, 2.24) is 0 Å². The van der Waals surface area contributed by atoms with Crippen molar-refractivity contribution >= 4 is 17.7 Å². The van der Waals surface area contributed by atoms with Gasteiger partial charge in [0.25, 0.3) is 6.29 Å². The first kappa shape index (κ1) is 15.7. The van der Waals surface area contributed by atoms with Gasteiger partial charge in [0.15, 0.2) is 0 Å². The Labute approximate surface area is 123 Å². The summed E-state index contributed by atoms with van der Waals surface area (Å²) in [4.78, 5) is 34.5. The zero-order chi connectivity index (χ0) is 15.6. The number of Topliss-reactive ketones (excluding diaryl/α,β-unsaturated/α-hetero) is 1. The lowest BCUT2D eigenvalue weighted by Gasteiger charge is -2.41. The van der Waals surface area contributed by atoms with E-state index in [0.29, 0.717) is 12.8 Å². The van der Waals surface area contributed by atoms with E-state index in [1.165, 1.54) is 13.8 Å². The molecule has 0 amide bonds. The van der Waals surface area contributed by atoms with Gasteiger partial charge in [-0.05, 0) is 19.8 Å². The van der Waals surface area contributed by atoms with Crippen molar-refractivity contribution in [2.24, 2.45) is 11.8 Å². The van der Waals surface area contributed by atoms with E-state index in [1.807, 2.05) is 6.92 Å². The molecule has 1 saturated heterocycles. The van der Waals surface area contributed by atoms with Gasteiger partial charge in [0.05, 0.1) is 0 Å². The Balaban J connectivity index is 2.16. The fraction of sp³-hybridized carbons (Fsp3) is 0.667. The van der Waals surface area contributed by atoms with Crippen molar-refractivity contribution in [3.8, 4) is 0 Å². The SMILES string of the molecule is CC(=O)OC[C@H]1OC(OC(C)=O)C(=O)[C@@H]2CC(C)=CC[C@H]12. The summed E-state index contributed by atoms with van der Waals surface area (Å²) >= 11 is 0. The molecule has 0 saturated carbocycles. The molecule has 1 heterocycles. The number of allylic oxidation sites excluding steroid dienone is 2. The second-order valence-electron chi connectivity index (χ2n) is 5.58. The molecule has 0 aromatic heterocycles. The number of fused-ring (bicyclic) bond motifs is 1. The van der Waals surface area contributed by atoms with E-state index in [2.05, 4.69) is 6.08 Å². The predicted molar refractivity (Wildman–Crippen MR) is 72.0 cm³/mol. The average Bonchev–Trinajstić information content (AvgIpc) is 2.40. The molecular formula is C15H20O6. The highest BCUT2D eigenvalue weighted by Crippen LogP contribution is 2.39. The van der Waals surface area contributed by atoms with Gasteiger partial charge >= 0.3 is 11.9 Å². The maximum Gasteiger partial charge on any atom is 0.305 e. The molecule has 0 aromatic rings. The van der Waals surface area contributed by atoms with E-state index in [1.54, 1.807) is 0 Å². The van der Waals surface area contributed by atoms with Crippen LogP contribution < -0.4 is 0 Å². The fourth-order valence-corrected chi connectivity index (χ4v) is 2.91. The lowest BCUT2D eigenvalue weighted by atomic mass is 9.73. The zero-order valence-electron chi connectivity index (χ0n) is 12.5. The third-order valence-electron chi connectivity index (χ3n) is 3.89. The molecular weight excluding hydrogens is 276 g/mol. The molecule has 1 unspecified atom stereocenters. The molecule has 4 atom stereocenters. The number of ether oxygens (including phenoxy) is 3. The van der Waals surface area contributed by atoms with E-state index < -0.39 is 24.3 Å². The quantitative estimate of drug-likeness (QED) is 0.578. The largest absolute Gasteiger partial charge is 0.463 e. The molecule has 1 fully saturated rings. The normalized spacial score (nSPS) is 32.0. The lowest BCUT2D eigenvalue weighted by molar-refractivity contribution is -0.223. The van der Waals surface area contributed by atoms with E-state index >= 15 is 0 Å². The topological polar surface area (TPSA) is 78.9 Å². The van der Waals surface area contributed by atoms with E-state index in [4.69, 9.17) is 14.2 Å². The van der Waals surface area contributed by atoms with Crippen LogP contribution in [0.1, 0.15) is 33.6 Å². The second kappa shape index (κ2) is 6.39. The second-order valence-corrected chi connectivity index (χ2v) is 5.58. The number of ketones is 1. The summed E-state index contributed by atoms with van der Waals surface area (Å²) in [6.45, 7) is 4.59. The molecule has 21 heavy (non-hydrogen) atoms. The van der Waals surface area contributed by atoms with E-state index in [-0.39, 0.29) is 24.2 Å². The number of esters is 2. The van der Waals surface area contributed by atoms with Crippen LogP contribution in [0.15, 0.2) is 11.6 Å². The Hall–Kier alpha value is -1.69. The van der Waals surface area contributed by atoms with Crippen LogP contribution in [0.2, 0.25) is 0 Å². The highest BCUT2D eigenvalue weighted by Gasteiger charge is 2.47. The summed E-state index contributed by atoms with van der Waals surface area (Å²) in [6, 6.07) is 0. The van der Waals surface area contributed by atoms with E-state index in [9.17, 15) is 14.4 Å². The third kappa shape index (κ3) is 3.69. The summed E-state index contributed by atoms with van der Waals surface area (Å²) in [6.07, 6.45) is 1.76. The van der Waals surface area contributed by atoms with Crippen LogP contribution in [0.25, 0.3) is 0 Å². The zero-order valence-corrected chi connectivity index (χ0v) is 12.5. The minimum atomic E-state index is -1.20. The maximum atomic E-state index is 12.4. The van der Waals surface area contributed by atoms with Gasteiger partial charge in [0.1, 0.15) is 12.7 Å². The van der Waals surface area contributed by atoms with Crippen LogP contribution in [0.3, 0.4) is 0 Å². The van der Waals surface area contributed by atoms with Gasteiger partial charge in [0, 0.05) is 25.7 Å². The van der Waals surface area contributed by atoms with Crippen molar-refractivity contribution in [3.05, 3.63) is 11.6 Å². The summed E-state index contributed by atoms with van der Waals surface area (Å²) in [7, 11) is 0. The van der Waals surface area contributed by atoms with Crippen LogP contribution >= 0.6 is 0 Å². The highest BCUT2D eigenvalue weighted by molar-refractivity contribution is 5.87. The molecule has 2 rings (SSSR count). The molecule has 0 aromatic carbocycles. The van der Waals surface area contributed by atoms with Gasteiger partial charge < -0.3 is 14.2 Å². The molecule has 6 heteroatoms. The standard InChI is InChI=1S/C15H20O6/c1-8-4-5-11-12(6-8)14(18)15(20-10(3)17)21-13(11)7-19-9(2)16/h4,11-13,15H,5-7H2,1-3H3/t11-,12+,13+,15?/m0/s1. The molecule has 1 aliphatic carbocycles. The number of hydrogen-bond donors (Lipinski definition) is 0. The Morgan fingerprint density at radius 1 is 1.33 bits per heavy atom. The molecule has 0 spiro atoms. The Bertz CT molecular complexity index is 481. The van der Waals surface area contributed by atoms with Crippen molar-refractivity contribution in [2.45, 2.75) is 46.0 Å². The number of rotatable bonds is 3. The third-order valence-corrected chi connectivity index (χ3v) is 3.89. The predicted octanol–water partition coefficient (Wildman–Crippen LogP) is 1.38. The van der Waals surface area contributed by atoms with Crippen LogP contribution in [0.4, 0.5) is 0 Å². The summed E-state index contributed by atoms with van der Waals surface area (Å²) in [5.74, 6) is -1.48. The minimum Gasteiger partial charge on any atom is -0.463 e. The first-order valence-electron chi connectivity index (χ1n) is 7.04. The van der Waals surface area contributed by atoms with Gasteiger partial charge in [-0.25, -0.2) is 0 Å². The molecule has 6 nitrogen and oxygen atoms in total. The Kier molecular flexibility index (Phi) is 4.77. The van der Waals surface area contributed by atoms with Crippen molar-refractivity contribution in [3.63, 3.8) is 0 Å². The van der Waals surface area contributed by atoms with Crippen LogP contribution in [0, 0.1) is 11.8 Å². The Morgan fingerprint density at radius 3 is 2.67 bits per heavy atom. The van der Waals surface area contributed by atoms with Gasteiger partial charge in [0.2, 0.25) is 5.78 Å². The van der Waals surface area contributed by atoms with Crippen LogP contribution in [0.5, 0.6) is 0 Å². The first-order valence-corrected chi connectivity index (χ1v) is 7.04. The molecule has 0 N–H and O–H groups in total. The summed E-state index contributed by atoms with van der Waals surface area (Å²) in [5.41, 5.74) is 1.14.